The lowest BCUT2D eigenvalue weighted by Gasteiger charge is -2.21. The van der Waals surface area contributed by atoms with Crippen molar-refractivity contribution in [1.29, 1.82) is 0 Å². The topological polar surface area (TPSA) is 46.1 Å². The summed E-state index contributed by atoms with van der Waals surface area (Å²) >= 11 is 0. The molecule has 4 heteroatoms. The molecule has 0 aliphatic rings. The van der Waals surface area contributed by atoms with E-state index in [2.05, 4.69) is 9.97 Å². The fraction of sp³-hybridized carbons (Fsp3) is 0.167. The Balaban J connectivity index is 1.99. The average molecular weight is 291 g/mol. The van der Waals surface area contributed by atoms with E-state index in [1.807, 2.05) is 44.2 Å². The van der Waals surface area contributed by atoms with Crippen molar-refractivity contribution in [1.82, 2.24) is 9.97 Å². The van der Waals surface area contributed by atoms with Crippen molar-refractivity contribution >= 4 is 22.6 Å². The lowest BCUT2D eigenvalue weighted by Crippen LogP contribution is -2.30. The normalized spacial score (nSPS) is 10.6. The highest BCUT2D eigenvalue weighted by Crippen LogP contribution is 2.20. The van der Waals surface area contributed by atoms with Gasteiger partial charge in [-0.3, -0.25) is 14.8 Å². The van der Waals surface area contributed by atoms with Gasteiger partial charge in [-0.25, -0.2) is 0 Å². The third-order valence-electron chi connectivity index (χ3n) is 3.59. The maximum absolute atomic E-state index is 12.8. The van der Waals surface area contributed by atoms with E-state index >= 15 is 0 Å². The molecule has 1 heterocycles. The summed E-state index contributed by atoms with van der Waals surface area (Å²) in [6.45, 7) is 4.61. The Kier molecular flexibility index (Phi) is 3.83. The first kappa shape index (κ1) is 14.2. The van der Waals surface area contributed by atoms with Crippen molar-refractivity contribution in [2.24, 2.45) is 0 Å². The highest BCUT2D eigenvalue weighted by Gasteiger charge is 2.16. The zero-order chi connectivity index (χ0) is 15.5. The largest absolute Gasteiger partial charge is 0.309 e. The summed E-state index contributed by atoms with van der Waals surface area (Å²) in [4.78, 5) is 23.1. The number of anilines is 1. The van der Waals surface area contributed by atoms with E-state index in [0.29, 0.717) is 12.1 Å². The van der Waals surface area contributed by atoms with E-state index in [1.165, 1.54) is 0 Å². The van der Waals surface area contributed by atoms with E-state index < -0.39 is 0 Å². The first-order chi connectivity index (χ1) is 10.7. The van der Waals surface area contributed by atoms with Crippen LogP contribution < -0.4 is 4.90 Å². The fourth-order valence-electron chi connectivity index (χ4n) is 2.49. The van der Waals surface area contributed by atoms with Crippen LogP contribution in [0, 0.1) is 6.92 Å². The second kappa shape index (κ2) is 5.93. The molecule has 110 valence electrons. The molecule has 0 radical (unpaired) electrons. The van der Waals surface area contributed by atoms with Gasteiger partial charge < -0.3 is 4.90 Å². The van der Waals surface area contributed by atoms with E-state index in [-0.39, 0.29) is 5.91 Å². The van der Waals surface area contributed by atoms with Gasteiger partial charge in [0.2, 0.25) is 0 Å². The fourth-order valence-corrected chi connectivity index (χ4v) is 2.49. The quantitative estimate of drug-likeness (QED) is 0.740. The van der Waals surface area contributed by atoms with Crippen LogP contribution in [0.3, 0.4) is 0 Å². The standard InChI is InChI=1S/C18H17N3O/c1-3-21(15-6-4-5-13(2)11-15)18(22)14-7-8-16-17(12-14)20-10-9-19-16/h4-12H,3H2,1-2H3. The van der Waals surface area contributed by atoms with Gasteiger partial charge >= 0.3 is 0 Å². The number of carbonyl (C=O) groups excluding carboxylic acids is 1. The number of hydrogen-bond acceptors (Lipinski definition) is 3. The molecule has 0 unspecified atom stereocenters. The Bertz CT molecular complexity index is 829. The van der Waals surface area contributed by atoms with Gasteiger partial charge in [-0.2, -0.15) is 0 Å². The van der Waals surface area contributed by atoms with Gasteiger partial charge in [-0.15, -0.1) is 0 Å². The Morgan fingerprint density at radius 1 is 1.05 bits per heavy atom. The summed E-state index contributed by atoms with van der Waals surface area (Å²) in [6.07, 6.45) is 3.28. The molecule has 2 aromatic carbocycles. The summed E-state index contributed by atoms with van der Waals surface area (Å²) in [5.74, 6) is -0.0272. The molecule has 0 fully saturated rings. The number of benzene rings is 2. The molecule has 0 spiro atoms. The molecule has 0 aliphatic carbocycles. The zero-order valence-electron chi connectivity index (χ0n) is 12.7. The molecule has 0 aliphatic heterocycles. The van der Waals surface area contributed by atoms with Crippen LogP contribution in [0.2, 0.25) is 0 Å². The molecule has 4 nitrogen and oxygen atoms in total. The monoisotopic (exact) mass is 291 g/mol. The van der Waals surface area contributed by atoms with Gasteiger partial charge in [0.1, 0.15) is 0 Å². The number of fused-ring (bicyclic) bond motifs is 1. The van der Waals surface area contributed by atoms with Crippen LogP contribution in [0.4, 0.5) is 5.69 Å². The van der Waals surface area contributed by atoms with E-state index in [9.17, 15) is 4.79 Å². The predicted octanol–water partition coefficient (Wildman–Crippen LogP) is 3.60. The Labute approximate surface area is 129 Å². The number of aryl methyl sites for hydroxylation is 1. The minimum atomic E-state index is -0.0272. The van der Waals surface area contributed by atoms with Crippen LogP contribution in [0.25, 0.3) is 11.0 Å². The number of hydrogen-bond donors (Lipinski definition) is 0. The van der Waals surface area contributed by atoms with Crippen LogP contribution >= 0.6 is 0 Å². The van der Waals surface area contributed by atoms with Crippen molar-refractivity contribution < 1.29 is 4.79 Å². The first-order valence-corrected chi connectivity index (χ1v) is 7.28. The molecule has 3 aromatic rings. The molecule has 22 heavy (non-hydrogen) atoms. The van der Waals surface area contributed by atoms with E-state index in [4.69, 9.17) is 0 Å². The Morgan fingerprint density at radius 2 is 1.82 bits per heavy atom. The van der Waals surface area contributed by atoms with Gasteiger partial charge in [0, 0.05) is 30.2 Å². The number of aromatic nitrogens is 2. The lowest BCUT2D eigenvalue weighted by molar-refractivity contribution is 0.0988. The van der Waals surface area contributed by atoms with Crippen molar-refractivity contribution in [3.05, 3.63) is 66.0 Å². The maximum atomic E-state index is 12.8. The molecule has 3 rings (SSSR count). The SMILES string of the molecule is CCN(C(=O)c1ccc2nccnc2c1)c1cccc(C)c1. The van der Waals surface area contributed by atoms with Crippen LogP contribution in [-0.2, 0) is 0 Å². The minimum Gasteiger partial charge on any atom is -0.309 e. The Hall–Kier alpha value is -2.75. The van der Waals surface area contributed by atoms with Crippen LogP contribution in [0.5, 0.6) is 0 Å². The third-order valence-corrected chi connectivity index (χ3v) is 3.59. The maximum Gasteiger partial charge on any atom is 0.258 e. The molecular weight excluding hydrogens is 274 g/mol. The summed E-state index contributed by atoms with van der Waals surface area (Å²) in [6, 6.07) is 13.4. The van der Waals surface area contributed by atoms with Crippen LogP contribution in [0.1, 0.15) is 22.8 Å². The van der Waals surface area contributed by atoms with Crippen LogP contribution in [0.15, 0.2) is 54.9 Å². The van der Waals surface area contributed by atoms with Gasteiger partial charge in [0.25, 0.3) is 5.91 Å². The highest BCUT2D eigenvalue weighted by molar-refractivity contribution is 6.07. The molecule has 0 atom stereocenters. The molecule has 0 saturated heterocycles. The summed E-state index contributed by atoms with van der Waals surface area (Å²) in [5.41, 5.74) is 4.18. The number of rotatable bonds is 3. The van der Waals surface area contributed by atoms with Crippen LogP contribution in [-0.4, -0.2) is 22.4 Å². The molecular formula is C18H17N3O. The zero-order valence-corrected chi connectivity index (χ0v) is 12.7. The van der Waals surface area contributed by atoms with E-state index in [1.54, 1.807) is 29.4 Å². The van der Waals surface area contributed by atoms with Gasteiger partial charge in [-0.1, -0.05) is 12.1 Å². The smallest absolute Gasteiger partial charge is 0.258 e. The molecule has 1 amide bonds. The number of carbonyl (C=O) groups is 1. The summed E-state index contributed by atoms with van der Waals surface area (Å²) in [5, 5.41) is 0. The number of nitrogens with zero attached hydrogens (tertiary/aromatic N) is 3. The molecule has 1 aromatic heterocycles. The molecule has 0 saturated carbocycles. The van der Waals surface area contributed by atoms with Crippen molar-refractivity contribution in [2.75, 3.05) is 11.4 Å². The highest BCUT2D eigenvalue weighted by atomic mass is 16.2. The van der Waals surface area contributed by atoms with Gasteiger partial charge in [0.05, 0.1) is 11.0 Å². The van der Waals surface area contributed by atoms with E-state index in [0.717, 1.165) is 22.3 Å². The summed E-state index contributed by atoms with van der Waals surface area (Å²) in [7, 11) is 0. The van der Waals surface area contributed by atoms with Crippen molar-refractivity contribution in [3.63, 3.8) is 0 Å². The third kappa shape index (κ3) is 2.68. The summed E-state index contributed by atoms with van der Waals surface area (Å²) < 4.78 is 0. The second-order valence-corrected chi connectivity index (χ2v) is 5.15. The van der Waals surface area contributed by atoms with Gasteiger partial charge in [-0.05, 0) is 49.7 Å². The molecule has 0 N–H and O–H groups in total. The van der Waals surface area contributed by atoms with Crippen molar-refractivity contribution in [2.45, 2.75) is 13.8 Å². The second-order valence-electron chi connectivity index (χ2n) is 5.15. The van der Waals surface area contributed by atoms with Crippen molar-refractivity contribution in [3.8, 4) is 0 Å². The predicted molar refractivity (Wildman–Crippen MR) is 88.1 cm³/mol. The Morgan fingerprint density at radius 3 is 2.55 bits per heavy atom. The average Bonchev–Trinajstić information content (AvgIpc) is 2.55. The molecule has 0 bridgehead atoms. The van der Waals surface area contributed by atoms with Gasteiger partial charge in [0.15, 0.2) is 0 Å². The number of amides is 1. The lowest BCUT2D eigenvalue weighted by atomic mass is 10.1. The minimum absolute atomic E-state index is 0.0272. The first-order valence-electron chi connectivity index (χ1n) is 7.28.